The Kier molecular flexibility index (Phi) is 4.70. The summed E-state index contributed by atoms with van der Waals surface area (Å²) in [5, 5.41) is 8.80. The van der Waals surface area contributed by atoms with Crippen molar-refractivity contribution in [3.05, 3.63) is 46.5 Å². The standard InChI is InChI=1S/C15H19N3O3/c1-11(2)17(8-6-15(20)21)10-12-9-14(19)18-7-4-3-5-13(18)16-12/h3-5,7,9,11H,6,8,10H2,1-2H3,(H,20,21). The lowest BCUT2D eigenvalue weighted by molar-refractivity contribution is -0.137. The van der Waals surface area contributed by atoms with Crippen LogP contribution in [0.15, 0.2) is 35.3 Å². The number of fused-ring (bicyclic) bond motifs is 1. The van der Waals surface area contributed by atoms with Gasteiger partial charge >= 0.3 is 5.97 Å². The number of hydrogen-bond acceptors (Lipinski definition) is 4. The Morgan fingerprint density at radius 2 is 2.19 bits per heavy atom. The van der Waals surface area contributed by atoms with E-state index in [4.69, 9.17) is 5.11 Å². The second-order valence-corrected chi connectivity index (χ2v) is 5.22. The van der Waals surface area contributed by atoms with Crippen LogP contribution in [0.2, 0.25) is 0 Å². The molecule has 0 aliphatic rings. The van der Waals surface area contributed by atoms with Gasteiger partial charge in [-0.05, 0) is 26.0 Å². The molecule has 0 atom stereocenters. The summed E-state index contributed by atoms with van der Waals surface area (Å²) in [5.74, 6) is -0.827. The Morgan fingerprint density at radius 3 is 2.86 bits per heavy atom. The monoisotopic (exact) mass is 289 g/mol. The smallest absolute Gasteiger partial charge is 0.304 e. The van der Waals surface area contributed by atoms with Crippen LogP contribution in [0.25, 0.3) is 5.65 Å². The molecule has 112 valence electrons. The maximum Gasteiger partial charge on any atom is 0.304 e. The Morgan fingerprint density at radius 1 is 1.43 bits per heavy atom. The predicted octanol–water partition coefficient (Wildman–Crippen LogP) is 1.38. The van der Waals surface area contributed by atoms with E-state index in [9.17, 15) is 9.59 Å². The van der Waals surface area contributed by atoms with Crippen LogP contribution < -0.4 is 5.56 Å². The highest BCUT2D eigenvalue weighted by Gasteiger charge is 2.13. The first-order valence-electron chi connectivity index (χ1n) is 6.90. The van der Waals surface area contributed by atoms with E-state index in [1.54, 1.807) is 18.3 Å². The number of hydrogen-bond donors (Lipinski definition) is 1. The van der Waals surface area contributed by atoms with Gasteiger partial charge in [-0.25, -0.2) is 4.98 Å². The van der Waals surface area contributed by atoms with Gasteiger partial charge in [0.05, 0.1) is 12.1 Å². The average molecular weight is 289 g/mol. The van der Waals surface area contributed by atoms with Crippen LogP contribution in [0.3, 0.4) is 0 Å². The molecule has 0 spiro atoms. The van der Waals surface area contributed by atoms with Crippen molar-refractivity contribution in [2.45, 2.75) is 32.9 Å². The molecule has 0 aliphatic carbocycles. The number of aromatic nitrogens is 2. The topological polar surface area (TPSA) is 74.9 Å². The van der Waals surface area contributed by atoms with Gasteiger partial charge < -0.3 is 5.11 Å². The highest BCUT2D eigenvalue weighted by atomic mass is 16.4. The average Bonchev–Trinajstić information content (AvgIpc) is 2.43. The molecule has 0 bridgehead atoms. The molecule has 0 saturated carbocycles. The molecule has 0 aromatic carbocycles. The Bertz CT molecular complexity index is 694. The van der Waals surface area contributed by atoms with Crippen molar-refractivity contribution in [1.82, 2.24) is 14.3 Å². The second kappa shape index (κ2) is 6.49. The molecule has 0 aliphatic heterocycles. The van der Waals surface area contributed by atoms with Crippen LogP contribution in [-0.2, 0) is 11.3 Å². The van der Waals surface area contributed by atoms with Crippen LogP contribution in [0.4, 0.5) is 0 Å². The van der Waals surface area contributed by atoms with E-state index < -0.39 is 5.97 Å². The number of pyridine rings is 1. The van der Waals surface area contributed by atoms with Crippen molar-refractivity contribution >= 4 is 11.6 Å². The molecule has 0 fully saturated rings. The van der Waals surface area contributed by atoms with Crippen molar-refractivity contribution in [3.8, 4) is 0 Å². The summed E-state index contributed by atoms with van der Waals surface area (Å²) in [6.45, 7) is 4.89. The number of carboxylic acids is 1. The molecule has 0 amide bonds. The lowest BCUT2D eigenvalue weighted by Gasteiger charge is -2.25. The van der Waals surface area contributed by atoms with E-state index in [0.717, 1.165) is 0 Å². The minimum atomic E-state index is -0.827. The molecule has 6 heteroatoms. The fraction of sp³-hybridized carbons (Fsp3) is 0.400. The normalized spacial score (nSPS) is 11.4. The summed E-state index contributed by atoms with van der Waals surface area (Å²) in [7, 11) is 0. The molecule has 0 saturated heterocycles. The van der Waals surface area contributed by atoms with Crippen LogP contribution in [-0.4, -0.2) is 37.9 Å². The van der Waals surface area contributed by atoms with Crippen molar-refractivity contribution in [3.63, 3.8) is 0 Å². The van der Waals surface area contributed by atoms with Gasteiger partial charge in [-0.3, -0.25) is 18.9 Å². The lowest BCUT2D eigenvalue weighted by atomic mass is 10.2. The lowest BCUT2D eigenvalue weighted by Crippen LogP contribution is -2.33. The molecular weight excluding hydrogens is 270 g/mol. The molecule has 1 N–H and O–H groups in total. The van der Waals surface area contributed by atoms with E-state index in [1.165, 1.54) is 10.5 Å². The third-order valence-electron chi connectivity index (χ3n) is 3.33. The number of nitrogens with zero attached hydrogens (tertiary/aromatic N) is 3. The molecular formula is C15H19N3O3. The maximum absolute atomic E-state index is 12.0. The van der Waals surface area contributed by atoms with Crippen molar-refractivity contribution in [2.75, 3.05) is 6.54 Å². The van der Waals surface area contributed by atoms with Crippen LogP contribution in [0, 0.1) is 0 Å². The summed E-state index contributed by atoms with van der Waals surface area (Å²) in [4.78, 5) is 29.2. The number of carboxylic acid groups (broad SMARTS) is 1. The van der Waals surface area contributed by atoms with Gasteiger partial charge in [0.25, 0.3) is 5.56 Å². The first-order valence-corrected chi connectivity index (χ1v) is 6.90. The second-order valence-electron chi connectivity index (χ2n) is 5.22. The molecule has 2 rings (SSSR count). The van der Waals surface area contributed by atoms with Gasteiger partial charge in [-0.15, -0.1) is 0 Å². The molecule has 0 radical (unpaired) electrons. The highest BCUT2D eigenvalue weighted by molar-refractivity contribution is 5.66. The molecule has 2 heterocycles. The van der Waals surface area contributed by atoms with E-state index in [1.807, 2.05) is 24.8 Å². The molecule has 0 unspecified atom stereocenters. The molecule has 6 nitrogen and oxygen atoms in total. The van der Waals surface area contributed by atoms with E-state index in [2.05, 4.69) is 4.98 Å². The summed E-state index contributed by atoms with van der Waals surface area (Å²) < 4.78 is 1.49. The maximum atomic E-state index is 12.0. The van der Waals surface area contributed by atoms with Gasteiger partial charge in [0.1, 0.15) is 5.65 Å². The Balaban J connectivity index is 2.24. The molecule has 21 heavy (non-hydrogen) atoms. The van der Waals surface area contributed by atoms with E-state index in [0.29, 0.717) is 24.4 Å². The van der Waals surface area contributed by atoms with Crippen molar-refractivity contribution in [1.29, 1.82) is 0 Å². The number of aliphatic carboxylic acids is 1. The molecule has 2 aromatic rings. The summed E-state index contributed by atoms with van der Waals surface area (Å²) >= 11 is 0. The van der Waals surface area contributed by atoms with Gasteiger partial charge in [0, 0.05) is 31.4 Å². The first kappa shape index (κ1) is 15.2. The van der Waals surface area contributed by atoms with Gasteiger partial charge in [-0.1, -0.05) is 6.07 Å². The van der Waals surface area contributed by atoms with E-state index >= 15 is 0 Å². The van der Waals surface area contributed by atoms with Crippen LogP contribution >= 0.6 is 0 Å². The van der Waals surface area contributed by atoms with Gasteiger partial charge in [-0.2, -0.15) is 0 Å². The SMILES string of the molecule is CC(C)N(CCC(=O)O)Cc1cc(=O)n2ccccc2n1. The molecule has 2 aromatic heterocycles. The minimum absolute atomic E-state index is 0.0742. The number of rotatable bonds is 6. The quantitative estimate of drug-likeness (QED) is 0.869. The summed E-state index contributed by atoms with van der Waals surface area (Å²) in [5.41, 5.74) is 1.13. The first-order chi connectivity index (χ1) is 9.97. The zero-order chi connectivity index (χ0) is 15.4. The van der Waals surface area contributed by atoms with Crippen LogP contribution in [0.5, 0.6) is 0 Å². The largest absolute Gasteiger partial charge is 0.481 e. The Hall–Kier alpha value is -2.21. The van der Waals surface area contributed by atoms with E-state index in [-0.39, 0.29) is 18.0 Å². The minimum Gasteiger partial charge on any atom is -0.481 e. The predicted molar refractivity (Wildman–Crippen MR) is 79.3 cm³/mol. The van der Waals surface area contributed by atoms with Crippen LogP contribution in [0.1, 0.15) is 26.0 Å². The zero-order valence-electron chi connectivity index (χ0n) is 12.2. The Labute approximate surface area is 122 Å². The summed E-state index contributed by atoms with van der Waals surface area (Å²) in [6.07, 6.45) is 1.75. The van der Waals surface area contributed by atoms with Gasteiger partial charge in [0.15, 0.2) is 0 Å². The third kappa shape index (κ3) is 3.88. The summed E-state index contributed by atoms with van der Waals surface area (Å²) in [6, 6.07) is 7.07. The van der Waals surface area contributed by atoms with Crippen molar-refractivity contribution in [2.24, 2.45) is 0 Å². The number of carbonyl (C=O) groups is 1. The highest BCUT2D eigenvalue weighted by Crippen LogP contribution is 2.07. The van der Waals surface area contributed by atoms with Gasteiger partial charge in [0.2, 0.25) is 0 Å². The zero-order valence-corrected chi connectivity index (χ0v) is 12.2. The van der Waals surface area contributed by atoms with Crippen molar-refractivity contribution < 1.29 is 9.90 Å². The fourth-order valence-corrected chi connectivity index (χ4v) is 2.15. The fourth-order valence-electron chi connectivity index (χ4n) is 2.15. The third-order valence-corrected chi connectivity index (χ3v) is 3.33.